The van der Waals surface area contributed by atoms with Gasteiger partial charge in [0.15, 0.2) is 13.9 Å². The lowest BCUT2D eigenvalue weighted by Crippen LogP contribution is -2.69. The molecule has 0 N–H and O–H groups in total. The highest BCUT2D eigenvalue weighted by Gasteiger charge is 2.62. The zero-order valence-corrected chi connectivity index (χ0v) is 22.5. The van der Waals surface area contributed by atoms with Crippen LogP contribution in [0, 0.1) is 0 Å². The lowest BCUT2D eigenvalue weighted by Gasteiger charge is -2.56. The summed E-state index contributed by atoms with van der Waals surface area (Å²) in [6, 6.07) is 2.82. The molecule has 1 saturated carbocycles. The van der Waals surface area contributed by atoms with Crippen LogP contribution < -0.4 is 0 Å². The number of hydrogen-bond donors (Lipinski definition) is 0. The summed E-state index contributed by atoms with van der Waals surface area (Å²) in [7, 11) is 2.46. The third-order valence-corrected chi connectivity index (χ3v) is 12.3. The molecule has 7 nitrogen and oxygen atoms in total. The van der Waals surface area contributed by atoms with Crippen molar-refractivity contribution >= 4 is 14.3 Å². The van der Waals surface area contributed by atoms with Crippen molar-refractivity contribution in [2.75, 3.05) is 21.3 Å². The molecule has 0 spiro atoms. The lowest BCUT2D eigenvalue weighted by molar-refractivity contribution is -0.448. The van der Waals surface area contributed by atoms with Crippen molar-refractivity contribution < 1.29 is 32.9 Å². The van der Waals surface area contributed by atoms with Crippen LogP contribution in [0.4, 0.5) is 0 Å². The van der Waals surface area contributed by atoms with E-state index in [1.54, 1.807) is 21.1 Å². The molecule has 1 aliphatic carbocycles. The molecule has 2 aliphatic rings. The van der Waals surface area contributed by atoms with Crippen molar-refractivity contribution in [1.82, 2.24) is 0 Å². The Kier molecular flexibility index (Phi) is 9.15. The van der Waals surface area contributed by atoms with Crippen molar-refractivity contribution in [3.8, 4) is 0 Å². The van der Waals surface area contributed by atoms with Gasteiger partial charge in [-0.1, -0.05) is 40.2 Å². The molecule has 186 valence electrons. The molecular weight excluding hydrogens is 428 g/mol. The number of carbonyl (C=O) groups excluding carboxylic acids is 1. The summed E-state index contributed by atoms with van der Waals surface area (Å²) in [6.07, 6.45) is 4.03. The minimum atomic E-state index is -2.13. The first-order chi connectivity index (χ1) is 15.1. The molecule has 8 heteroatoms. The van der Waals surface area contributed by atoms with Gasteiger partial charge < -0.3 is 28.1 Å². The summed E-state index contributed by atoms with van der Waals surface area (Å²) in [6.45, 7) is 12.2. The molecule has 1 saturated heterocycles. The fourth-order valence-electron chi connectivity index (χ4n) is 5.00. The maximum atomic E-state index is 13.3. The fourth-order valence-corrected chi connectivity index (χ4v) is 8.00. The number of carbonyl (C=O) groups is 1. The molecule has 2 rings (SSSR count). The maximum absolute atomic E-state index is 13.3. The van der Waals surface area contributed by atoms with Gasteiger partial charge >= 0.3 is 5.97 Å². The average molecular weight is 473 g/mol. The van der Waals surface area contributed by atoms with Gasteiger partial charge in [0.25, 0.3) is 0 Å². The summed E-state index contributed by atoms with van der Waals surface area (Å²) in [4.78, 5) is 13.3. The molecule has 0 amide bonds. The second kappa shape index (κ2) is 10.7. The predicted octanol–water partition coefficient (Wildman–Crippen LogP) is 4.95. The number of fused-ring (bicyclic) bond motifs is 1. The molecule has 2 unspecified atom stereocenters. The van der Waals surface area contributed by atoms with Crippen molar-refractivity contribution in [2.24, 2.45) is 0 Å². The van der Waals surface area contributed by atoms with E-state index in [9.17, 15) is 4.79 Å². The smallest absolute Gasteiger partial charge is 0.337 e. The van der Waals surface area contributed by atoms with E-state index in [1.165, 1.54) is 7.11 Å². The molecule has 0 aromatic rings. The second-order valence-electron chi connectivity index (χ2n) is 9.27. The number of hydrogen-bond acceptors (Lipinski definition) is 7. The summed E-state index contributed by atoms with van der Waals surface area (Å²) in [5.74, 6) is -2.59. The van der Waals surface area contributed by atoms with Crippen LogP contribution in [-0.2, 0) is 32.9 Å². The Hall–Kier alpha value is -0.773. The summed E-state index contributed by atoms with van der Waals surface area (Å²) in [5.41, 5.74) is -0.0936. The van der Waals surface area contributed by atoms with Gasteiger partial charge in [-0.15, -0.1) is 0 Å². The Morgan fingerprint density at radius 1 is 1.03 bits per heavy atom. The zero-order valence-electron chi connectivity index (χ0n) is 21.5. The SMILES string of the molecule is CCCC=C1C[C@@](O[Si](CC)(CC)CC)(C(=O)OC)C[C@H]2OC(C)(OC)C(C)(OC)O[C@H]12. The molecule has 0 aromatic heterocycles. The number of allylic oxidation sites excluding steroid dienone is 1. The highest BCUT2D eigenvalue weighted by molar-refractivity contribution is 6.73. The summed E-state index contributed by atoms with van der Waals surface area (Å²) in [5, 5.41) is 0. The van der Waals surface area contributed by atoms with Gasteiger partial charge in [0.1, 0.15) is 6.10 Å². The number of ether oxygens (including phenoxy) is 5. The van der Waals surface area contributed by atoms with Gasteiger partial charge in [-0.25, -0.2) is 4.79 Å². The van der Waals surface area contributed by atoms with Crippen LogP contribution in [0.5, 0.6) is 0 Å². The van der Waals surface area contributed by atoms with Crippen LogP contribution in [0.1, 0.15) is 67.2 Å². The molecule has 0 radical (unpaired) electrons. The van der Waals surface area contributed by atoms with Gasteiger partial charge in [-0.2, -0.15) is 0 Å². The topological polar surface area (TPSA) is 72.5 Å². The van der Waals surface area contributed by atoms with E-state index in [0.717, 1.165) is 36.5 Å². The van der Waals surface area contributed by atoms with Gasteiger partial charge in [0.2, 0.25) is 11.6 Å². The van der Waals surface area contributed by atoms with E-state index in [0.29, 0.717) is 12.8 Å². The van der Waals surface area contributed by atoms with Gasteiger partial charge in [0.05, 0.1) is 13.2 Å². The van der Waals surface area contributed by atoms with Gasteiger partial charge in [-0.05, 0) is 44.0 Å². The fraction of sp³-hybridized carbons (Fsp3) is 0.875. The van der Waals surface area contributed by atoms with Crippen LogP contribution in [0.15, 0.2) is 11.6 Å². The van der Waals surface area contributed by atoms with Crippen molar-refractivity contribution in [3.05, 3.63) is 11.6 Å². The number of unbranched alkanes of at least 4 members (excludes halogenated alkanes) is 1. The Morgan fingerprint density at radius 2 is 1.59 bits per heavy atom. The normalized spacial score (nSPS) is 36.7. The van der Waals surface area contributed by atoms with Gasteiger partial charge in [-0.3, -0.25) is 0 Å². The molecule has 1 heterocycles. The minimum Gasteiger partial charge on any atom is -0.467 e. The molecule has 1 aliphatic heterocycles. The Bertz CT molecular complexity index is 671. The monoisotopic (exact) mass is 472 g/mol. The van der Waals surface area contributed by atoms with E-state index in [-0.39, 0.29) is 12.1 Å². The minimum absolute atomic E-state index is 0.339. The third-order valence-electron chi connectivity index (χ3n) is 7.65. The Balaban J connectivity index is 2.58. The number of methoxy groups -OCH3 is 3. The Labute approximate surface area is 195 Å². The van der Waals surface area contributed by atoms with E-state index < -0.39 is 31.6 Å². The standard InChI is InChI=1S/C24H44O7Si/c1-10-14-15-18-16-24(21(25)26-7,31-32(11-2,12-3)13-4)17-19-20(18)30-23(6,28-9)22(5,27-8)29-19/h15,19-20H,10-14,16-17H2,1-9H3/t19-,20-,22?,23?,24+/m1/s1. The van der Waals surface area contributed by atoms with E-state index in [4.69, 9.17) is 28.1 Å². The first-order valence-electron chi connectivity index (χ1n) is 12.0. The maximum Gasteiger partial charge on any atom is 0.337 e. The highest BCUT2D eigenvalue weighted by atomic mass is 28.4. The molecule has 0 aromatic carbocycles. The Morgan fingerprint density at radius 3 is 2.06 bits per heavy atom. The van der Waals surface area contributed by atoms with Crippen LogP contribution in [0.2, 0.25) is 18.1 Å². The van der Waals surface area contributed by atoms with Crippen LogP contribution in [-0.4, -0.2) is 65.0 Å². The van der Waals surface area contributed by atoms with Crippen molar-refractivity contribution in [1.29, 1.82) is 0 Å². The molecule has 0 bridgehead atoms. The summed E-state index contributed by atoms with van der Waals surface area (Å²) < 4.78 is 36.7. The molecule has 32 heavy (non-hydrogen) atoms. The lowest BCUT2D eigenvalue weighted by atomic mass is 9.76. The highest BCUT2D eigenvalue weighted by Crippen LogP contribution is 2.49. The first-order valence-corrected chi connectivity index (χ1v) is 14.5. The van der Waals surface area contributed by atoms with Crippen LogP contribution >= 0.6 is 0 Å². The first kappa shape index (κ1) is 27.5. The number of rotatable bonds is 10. The van der Waals surface area contributed by atoms with Crippen LogP contribution in [0.3, 0.4) is 0 Å². The number of esters is 1. The molecular formula is C24H44O7Si. The summed E-state index contributed by atoms with van der Waals surface area (Å²) >= 11 is 0. The van der Waals surface area contributed by atoms with Crippen molar-refractivity contribution in [3.63, 3.8) is 0 Å². The zero-order chi connectivity index (χ0) is 24.2. The average Bonchev–Trinajstić information content (AvgIpc) is 2.81. The van der Waals surface area contributed by atoms with Crippen molar-refractivity contribution in [2.45, 2.75) is 115 Å². The van der Waals surface area contributed by atoms with E-state index >= 15 is 0 Å². The van der Waals surface area contributed by atoms with Gasteiger partial charge in [0, 0.05) is 27.1 Å². The van der Waals surface area contributed by atoms with E-state index in [2.05, 4.69) is 33.8 Å². The third kappa shape index (κ3) is 4.86. The second-order valence-corrected chi connectivity index (χ2v) is 14.0. The van der Waals surface area contributed by atoms with E-state index in [1.807, 2.05) is 6.92 Å². The largest absolute Gasteiger partial charge is 0.467 e. The molecule has 2 fully saturated rings. The molecule has 5 atom stereocenters. The quantitative estimate of drug-likeness (QED) is 0.253. The predicted molar refractivity (Wildman–Crippen MR) is 126 cm³/mol. The van der Waals surface area contributed by atoms with Crippen LogP contribution in [0.25, 0.3) is 0 Å².